The van der Waals surface area contributed by atoms with Gasteiger partial charge in [0, 0.05) is 6.54 Å². The third-order valence-corrected chi connectivity index (χ3v) is 2.65. The van der Waals surface area contributed by atoms with Crippen molar-refractivity contribution < 1.29 is 23.4 Å². The Morgan fingerprint density at radius 3 is 2.85 bits per heavy atom. The Labute approximate surface area is 116 Å². The quantitative estimate of drug-likeness (QED) is 0.770. The van der Waals surface area contributed by atoms with Gasteiger partial charge in [0.1, 0.15) is 5.75 Å². The van der Waals surface area contributed by atoms with Crippen molar-refractivity contribution in [3.8, 4) is 5.75 Å². The summed E-state index contributed by atoms with van der Waals surface area (Å²) >= 11 is 0. The van der Waals surface area contributed by atoms with E-state index < -0.39 is 12.7 Å². The summed E-state index contributed by atoms with van der Waals surface area (Å²) in [6.45, 7) is -0.748. The molecule has 2 N–H and O–H groups in total. The number of rotatable bonds is 8. The van der Waals surface area contributed by atoms with Crippen molar-refractivity contribution >= 4 is 5.91 Å². The number of carbonyl (C=O) groups excluding carboxylic acids is 1. The van der Waals surface area contributed by atoms with Crippen LogP contribution in [0.4, 0.5) is 8.78 Å². The lowest BCUT2D eigenvalue weighted by Crippen LogP contribution is -2.33. The first-order valence-corrected chi connectivity index (χ1v) is 6.49. The van der Waals surface area contributed by atoms with Crippen molar-refractivity contribution in [1.29, 1.82) is 0 Å². The zero-order valence-corrected chi connectivity index (χ0v) is 11.3. The second-order valence-corrected chi connectivity index (χ2v) is 4.45. The molecule has 0 heterocycles. The van der Waals surface area contributed by atoms with Crippen LogP contribution >= 0.6 is 0 Å². The summed E-state index contributed by atoms with van der Waals surface area (Å²) in [5.41, 5.74) is 0.575. The van der Waals surface area contributed by atoms with Gasteiger partial charge in [0.25, 0.3) is 0 Å². The SMILES string of the molecule is CCCC(O)CNC(=O)Cc1cccc(OC(F)F)c1. The molecule has 0 spiro atoms. The van der Waals surface area contributed by atoms with Gasteiger partial charge in [-0.1, -0.05) is 25.5 Å². The van der Waals surface area contributed by atoms with E-state index in [9.17, 15) is 18.7 Å². The van der Waals surface area contributed by atoms with Crippen molar-refractivity contribution in [2.75, 3.05) is 6.54 Å². The van der Waals surface area contributed by atoms with Crippen molar-refractivity contribution in [1.82, 2.24) is 5.32 Å². The fourth-order valence-corrected chi connectivity index (χ4v) is 1.75. The fourth-order valence-electron chi connectivity index (χ4n) is 1.75. The minimum Gasteiger partial charge on any atom is -0.435 e. The maximum absolute atomic E-state index is 12.1. The van der Waals surface area contributed by atoms with Gasteiger partial charge in [-0.3, -0.25) is 4.79 Å². The summed E-state index contributed by atoms with van der Waals surface area (Å²) in [5, 5.41) is 12.1. The zero-order chi connectivity index (χ0) is 15.0. The highest BCUT2D eigenvalue weighted by atomic mass is 19.3. The minimum absolute atomic E-state index is 0.0244. The Morgan fingerprint density at radius 1 is 1.45 bits per heavy atom. The van der Waals surface area contributed by atoms with Gasteiger partial charge < -0.3 is 15.2 Å². The number of hydrogen-bond acceptors (Lipinski definition) is 3. The van der Waals surface area contributed by atoms with Gasteiger partial charge in [-0.05, 0) is 24.1 Å². The van der Waals surface area contributed by atoms with Crippen molar-refractivity contribution in [2.24, 2.45) is 0 Å². The molecule has 0 fully saturated rings. The number of aliphatic hydroxyl groups is 1. The lowest BCUT2D eigenvalue weighted by Gasteiger charge is -2.11. The van der Waals surface area contributed by atoms with Crippen molar-refractivity contribution in [3.63, 3.8) is 0 Å². The molecule has 1 rings (SSSR count). The average Bonchev–Trinajstić information content (AvgIpc) is 2.36. The molecule has 1 amide bonds. The van der Waals surface area contributed by atoms with Crippen LogP contribution in [0.2, 0.25) is 0 Å². The third-order valence-electron chi connectivity index (χ3n) is 2.65. The summed E-state index contributed by atoms with van der Waals surface area (Å²) < 4.78 is 28.4. The van der Waals surface area contributed by atoms with Crippen LogP contribution in [-0.2, 0) is 11.2 Å². The van der Waals surface area contributed by atoms with Crippen LogP contribution in [0.1, 0.15) is 25.3 Å². The molecule has 0 bridgehead atoms. The standard InChI is InChI=1S/C14H19F2NO3/c1-2-4-11(18)9-17-13(19)8-10-5-3-6-12(7-10)20-14(15)16/h3,5-7,11,14,18H,2,4,8-9H2,1H3,(H,17,19). The first kappa shape index (κ1) is 16.4. The smallest absolute Gasteiger partial charge is 0.387 e. The van der Waals surface area contributed by atoms with Crippen LogP contribution < -0.4 is 10.1 Å². The number of hydrogen-bond donors (Lipinski definition) is 2. The van der Waals surface area contributed by atoms with Crippen LogP contribution in [0.3, 0.4) is 0 Å². The number of ether oxygens (including phenoxy) is 1. The number of carbonyl (C=O) groups is 1. The highest BCUT2D eigenvalue weighted by Crippen LogP contribution is 2.16. The van der Waals surface area contributed by atoms with E-state index in [1.807, 2.05) is 6.92 Å². The van der Waals surface area contributed by atoms with E-state index in [0.717, 1.165) is 6.42 Å². The fraction of sp³-hybridized carbons (Fsp3) is 0.500. The monoisotopic (exact) mass is 287 g/mol. The molecule has 1 aromatic carbocycles. The highest BCUT2D eigenvalue weighted by Gasteiger charge is 2.09. The number of nitrogens with one attached hydrogen (secondary N) is 1. The zero-order valence-electron chi connectivity index (χ0n) is 11.3. The van der Waals surface area contributed by atoms with Crippen LogP contribution in [0, 0.1) is 0 Å². The van der Waals surface area contributed by atoms with E-state index in [1.54, 1.807) is 12.1 Å². The van der Waals surface area contributed by atoms with E-state index in [2.05, 4.69) is 10.1 Å². The molecule has 0 saturated carbocycles. The largest absolute Gasteiger partial charge is 0.435 e. The van der Waals surface area contributed by atoms with Gasteiger partial charge in [0.05, 0.1) is 12.5 Å². The molecule has 1 unspecified atom stereocenters. The second-order valence-electron chi connectivity index (χ2n) is 4.45. The van der Waals surface area contributed by atoms with Gasteiger partial charge in [-0.2, -0.15) is 8.78 Å². The molecular formula is C14H19F2NO3. The van der Waals surface area contributed by atoms with E-state index in [-0.39, 0.29) is 24.6 Å². The molecular weight excluding hydrogens is 268 g/mol. The van der Waals surface area contributed by atoms with Gasteiger partial charge in [0.15, 0.2) is 0 Å². The predicted octanol–water partition coefficient (Wildman–Crippen LogP) is 2.11. The Balaban J connectivity index is 2.45. The molecule has 6 heteroatoms. The van der Waals surface area contributed by atoms with E-state index in [0.29, 0.717) is 12.0 Å². The lowest BCUT2D eigenvalue weighted by molar-refractivity contribution is -0.120. The maximum Gasteiger partial charge on any atom is 0.387 e. The molecule has 4 nitrogen and oxygen atoms in total. The highest BCUT2D eigenvalue weighted by molar-refractivity contribution is 5.78. The number of benzene rings is 1. The molecule has 0 saturated heterocycles. The van der Waals surface area contributed by atoms with Crippen LogP contribution in [0.15, 0.2) is 24.3 Å². The summed E-state index contributed by atoms with van der Waals surface area (Å²) in [4.78, 5) is 11.6. The Bertz CT molecular complexity index is 427. The molecule has 0 aliphatic heterocycles. The van der Waals surface area contributed by atoms with E-state index >= 15 is 0 Å². The molecule has 1 atom stereocenters. The minimum atomic E-state index is -2.89. The Kier molecular flexibility index (Phi) is 6.93. The van der Waals surface area contributed by atoms with E-state index in [4.69, 9.17) is 0 Å². The van der Waals surface area contributed by atoms with Crippen LogP contribution in [0.25, 0.3) is 0 Å². The van der Waals surface area contributed by atoms with Gasteiger partial charge >= 0.3 is 6.61 Å². The number of alkyl halides is 2. The van der Waals surface area contributed by atoms with Crippen LogP contribution in [0.5, 0.6) is 5.75 Å². The summed E-state index contributed by atoms with van der Waals surface area (Å²) in [6, 6.07) is 6.00. The first-order valence-electron chi connectivity index (χ1n) is 6.49. The summed E-state index contributed by atoms with van der Waals surface area (Å²) in [5.74, 6) is -0.245. The first-order chi connectivity index (χ1) is 9.51. The molecule has 0 aliphatic carbocycles. The Hall–Kier alpha value is -1.69. The molecule has 0 aromatic heterocycles. The lowest BCUT2D eigenvalue weighted by atomic mass is 10.1. The number of aliphatic hydroxyl groups excluding tert-OH is 1. The van der Waals surface area contributed by atoms with Gasteiger partial charge in [-0.15, -0.1) is 0 Å². The van der Waals surface area contributed by atoms with Crippen molar-refractivity contribution in [3.05, 3.63) is 29.8 Å². The predicted molar refractivity (Wildman–Crippen MR) is 70.7 cm³/mol. The maximum atomic E-state index is 12.1. The van der Waals surface area contributed by atoms with Crippen molar-refractivity contribution in [2.45, 2.75) is 38.9 Å². The molecule has 1 aromatic rings. The molecule has 20 heavy (non-hydrogen) atoms. The second kappa shape index (κ2) is 8.47. The van der Waals surface area contributed by atoms with Crippen LogP contribution in [-0.4, -0.2) is 30.3 Å². The van der Waals surface area contributed by atoms with E-state index in [1.165, 1.54) is 12.1 Å². The molecule has 112 valence electrons. The average molecular weight is 287 g/mol. The molecule has 0 radical (unpaired) electrons. The third kappa shape index (κ3) is 6.47. The van der Waals surface area contributed by atoms with Gasteiger partial charge in [0.2, 0.25) is 5.91 Å². The number of halogens is 2. The molecule has 0 aliphatic rings. The summed E-state index contributed by atoms with van der Waals surface area (Å²) in [7, 11) is 0. The normalized spacial score (nSPS) is 12.2. The topological polar surface area (TPSA) is 58.6 Å². The summed E-state index contributed by atoms with van der Waals surface area (Å²) in [6.07, 6.45) is 0.957. The Morgan fingerprint density at radius 2 is 2.20 bits per heavy atom. The number of amides is 1. The van der Waals surface area contributed by atoms with Gasteiger partial charge in [-0.25, -0.2) is 0 Å².